The number of hydrogen-bond acceptors (Lipinski definition) is 7. The molecule has 0 unspecified atom stereocenters. The first kappa shape index (κ1) is 29.3. The molecule has 0 radical (unpaired) electrons. The predicted octanol–water partition coefficient (Wildman–Crippen LogP) is 7.34. The van der Waals surface area contributed by atoms with Crippen LogP contribution in [0.5, 0.6) is 0 Å². The van der Waals surface area contributed by atoms with Crippen LogP contribution in [0.4, 0.5) is 0 Å². The Morgan fingerprint density at radius 2 is 1.71 bits per heavy atom. The number of aliphatic carboxylic acids is 1. The minimum Gasteiger partial charge on any atom is -0.481 e. The number of carboxylic acid groups (broad SMARTS) is 1. The number of carbonyl (C=O) groups is 1. The van der Waals surface area contributed by atoms with E-state index in [1.165, 1.54) is 0 Å². The Kier molecular flexibility index (Phi) is 8.10. The fraction of sp³-hybridized carbons (Fsp3) is 0.219. The average molecular weight is 600 g/mol. The largest absolute Gasteiger partial charge is 0.481 e. The highest BCUT2D eigenvalue weighted by Gasteiger charge is 2.20. The fourth-order valence-corrected chi connectivity index (χ4v) is 5.79. The highest BCUT2D eigenvalue weighted by atomic mass is 35.5. The number of benzene rings is 2. The average Bonchev–Trinajstić information content (AvgIpc) is 3.52. The summed E-state index contributed by atoms with van der Waals surface area (Å²) >= 11 is 7.68. The smallest absolute Gasteiger partial charge is 0.307 e. The number of imidazole rings is 1. The van der Waals surface area contributed by atoms with E-state index in [0.717, 1.165) is 59.8 Å². The van der Waals surface area contributed by atoms with Gasteiger partial charge in [-0.25, -0.2) is 15.0 Å². The molecule has 0 aliphatic carbocycles. The highest BCUT2D eigenvalue weighted by Crippen LogP contribution is 2.41. The number of aromatic nitrogens is 5. The maximum atomic E-state index is 11.7. The number of carboxylic acids is 1. The first-order valence-electron chi connectivity index (χ1n) is 13.2. The van der Waals surface area contributed by atoms with Crippen molar-refractivity contribution in [1.82, 2.24) is 24.5 Å². The molecule has 2 N–H and O–H groups in total. The summed E-state index contributed by atoms with van der Waals surface area (Å²) in [6, 6.07) is 15.4. The molecule has 0 saturated carbocycles. The Balaban J connectivity index is 0.000000652. The van der Waals surface area contributed by atoms with Gasteiger partial charge in [0.25, 0.3) is 0 Å². The molecule has 0 saturated heterocycles. The second kappa shape index (κ2) is 11.6. The van der Waals surface area contributed by atoms with E-state index in [2.05, 4.69) is 15.0 Å². The maximum Gasteiger partial charge on any atom is 0.307 e. The summed E-state index contributed by atoms with van der Waals surface area (Å²) in [5.74, 6) is -0.875. The zero-order chi connectivity index (χ0) is 30.2. The van der Waals surface area contributed by atoms with Crippen LogP contribution in [0.25, 0.3) is 54.3 Å². The lowest BCUT2D eigenvalue weighted by atomic mass is 9.93. The molecule has 10 heteroatoms. The summed E-state index contributed by atoms with van der Waals surface area (Å²) in [6.45, 7) is 7.16. The molecule has 42 heavy (non-hydrogen) atoms. The van der Waals surface area contributed by atoms with E-state index in [1.54, 1.807) is 50.8 Å². The van der Waals surface area contributed by atoms with Crippen molar-refractivity contribution in [3.63, 3.8) is 0 Å². The van der Waals surface area contributed by atoms with E-state index in [4.69, 9.17) is 21.7 Å². The van der Waals surface area contributed by atoms with Gasteiger partial charge in [0.1, 0.15) is 5.01 Å². The van der Waals surface area contributed by atoms with Crippen molar-refractivity contribution in [2.24, 2.45) is 7.05 Å². The molecule has 0 spiro atoms. The maximum absolute atomic E-state index is 11.7. The molecular weight excluding hydrogens is 570 g/mol. The van der Waals surface area contributed by atoms with Gasteiger partial charge < -0.3 is 14.8 Å². The molecule has 0 fully saturated rings. The summed E-state index contributed by atoms with van der Waals surface area (Å²) in [7, 11) is 1.94. The van der Waals surface area contributed by atoms with Gasteiger partial charge in [-0.2, -0.15) is 0 Å². The minimum absolute atomic E-state index is 0.0736. The Labute approximate surface area is 252 Å². The number of aryl methyl sites for hydroxylation is 2. The third kappa shape index (κ3) is 6.49. The van der Waals surface area contributed by atoms with Gasteiger partial charge in [0.2, 0.25) is 0 Å². The van der Waals surface area contributed by atoms with Crippen molar-refractivity contribution in [2.45, 2.75) is 39.7 Å². The van der Waals surface area contributed by atoms with Gasteiger partial charge in [-0.15, -0.1) is 11.3 Å². The summed E-state index contributed by atoms with van der Waals surface area (Å²) in [4.78, 5) is 30.0. The van der Waals surface area contributed by atoms with Crippen molar-refractivity contribution in [3.8, 4) is 33.0 Å². The van der Waals surface area contributed by atoms with Gasteiger partial charge >= 0.3 is 5.97 Å². The molecule has 2 aromatic carbocycles. The number of thiazole rings is 1. The SMILES string of the molecule is CC(C)(C)O.Cc1cc2nc(-c3ccnc(-c4cnc5ncn(C)c5c4)c3)sc2c(-c2ccc(Cl)cc2)c1CC(=O)O. The molecule has 6 aromatic rings. The number of halogens is 1. The van der Waals surface area contributed by atoms with Crippen LogP contribution in [-0.2, 0) is 18.3 Å². The molecule has 6 rings (SSSR count). The van der Waals surface area contributed by atoms with E-state index >= 15 is 0 Å². The molecule has 0 amide bonds. The molecule has 0 atom stereocenters. The zero-order valence-corrected chi connectivity index (χ0v) is 25.5. The first-order valence-corrected chi connectivity index (χ1v) is 14.4. The van der Waals surface area contributed by atoms with E-state index < -0.39 is 11.6 Å². The number of pyridine rings is 2. The van der Waals surface area contributed by atoms with Crippen LogP contribution in [0.1, 0.15) is 31.9 Å². The summed E-state index contributed by atoms with van der Waals surface area (Å²) in [5.41, 5.74) is 8.02. The number of nitrogens with zero attached hydrogens (tertiary/aromatic N) is 5. The molecule has 0 aliphatic rings. The van der Waals surface area contributed by atoms with Crippen molar-refractivity contribution < 1.29 is 15.0 Å². The monoisotopic (exact) mass is 599 g/mol. The fourth-order valence-electron chi connectivity index (χ4n) is 4.53. The number of rotatable bonds is 5. The van der Waals surface area contributed by atoms with Crippen LogP contribution in [0.3, 0.4) is 0 Å². The molecule has 4 aromatic heterocycles. The van der Waals surface area contributed by atoms with Gasteiger partial charge in [0.05, 0.1) is 39.8 Å². The number of hydrogen-bond donors (Lipinski definition) is 2. The molecular formula is C32H30ClN5O3S. The van der Waals surface area contributed by atoms with Gasteiger partial charge in [-0.05, 0) is 80.8 Å². The lowest BCUT2D eigenvalue weighted by Crippen LogP contribution is -2.10. The summed E-state index contributed by atoms with van der Waals surface area (Å²) in [6.07, 6.45) is 5.21. The minimum atomic E-state index is -0.875. The summed E-state index contributed by atoms with van der Waals surface area (Å²) in [5, 5.41) is 19.6. The molecule has 0 aliphatic heterocycles. The first-order chi connectivity index (χ1) is 19.9. The van der Waals surface area contributed by atoms with Crippen molar-refractivity contribution in [2.75, 3.05) is 0 Å². The van der Waals surface area contributed by atoms with E-state index in [-0.39, 0.29) is 6.42 Å². The van der Waals surface area contributed by atoms with Crippen molar-refractivity contribution in [1.29, 1.82) is 0 Å². The van der Waals surface area contributed by atoms with Crippen LogP contribution in [-0.4, -0.2) is 46.3 Å². The van der Waals surface area contributed by atoms with Crippen molar-refractivity contribution >= 4 is 50.3 Å². The standard InChI is InChI=1S/C28H20ClN5O2S.C4H10O/c1-15-9-22-26(25(20(15)12-24(35)36)16-3-5-19(29)6-4-16)37-28(33-22)17-7-8-30-21(10-17)18-11-23-27(31-13-18)32-14-34(23)2;1-4(2,3)5/h3-11,13-14H,12H2,1-2H3,(H,35,36);5H,1-3H3. The summed E-state index contributed by atoms with van der Waals surface area (Å²) < 4.78 is 2.87. The lowest BCUT2D eigenvalue weighted by molar-refractivity contribution is -0.136. The van der Waals surface area contributed by atoms with E-state index in [1.807, 2.05) is 67.1 Å². The zero-order valence-electron chi connectivity index (χ0n) is 23.9. The second-order valence-corrected chi connectivity index (χ2v) is 12.4. The Morgan fingerprint density at radius 3 is 2.40 bits per heavy atom. The van der Waals surface area contributed by atoms with E-state index in [0.29, 0.717) is 10.7 Å². The molecule has 0 bridgehead atoms. The van der Waals surface area contributed by atoms with E-state index in [9.17, 15) is 9.90 Å². The van der Waals surface area contributed by atoms with Crippen LogP contribution in [0.2, 0.25) is 5.02 Å². The van der Waals surface area contributed by atoms with Crippen LogP contribution >= 0.6 is 22.9 Å². The van der Waals surface area contributed by atoms with Crippen molar-refractivity contribution in [3.05, 3.63) is 83.4 Å². The van der Waals surface area contributed by atoms with Gasteiger partial charge in [-0.3, -0.25) is 9.78 Å². The lowest BCUT2D eigenvalue weighted by Gasteiger charge is -2.13. The third-order valence-electron chi connectivity index (χ3n) is 6.36. The Bertz CT molecular complexity index is 1920. The molecule has 214 valence electrons. The van der Waals surface area contributed by atoms with Gasteiger partial charge in [0, 0.05) is 41.2 Å². The Morgan fingerprint density at radius 1 is 1.00 bits per heavy atom. The van der Waals surface area contributed by atoms with Crippen LogP contribution < -0.4 is 0 Å². The van der Waals surface area contributed by atoms with Gasteiger partial charge in [0.15, 0.2) is 5.65 Å². The van der Waals surface area contributed by atoms with Crippen LogP contribution in [0, 0.1) is 6.92 Å². The second-order valence-electron chi connectivity index (χ2n) is 11.0. The van der Waals surface area contributed by atoms with Gasteiger partial charge in [-0.1, -0.05) is 23.7 Å². The van der Waals surface area contributed by atoms with Crippen LogP contribution in [0.15, 0.2) is 67.3 Å². The molecule has 8 nitrogen and oxygen atoms in total. The number of aliphatic hydroxyl groups is 1. The Hall–Kier alpha value is -4.18. The normalized spacial score (nSPS) is 11.5. The predicted molar refractivity (Wildman–Crippen MR) is 169 cm³/mol. The third-order valence-corrected chi connectivity index (χ3v) is 7.75. The molecule has 4 heterocycles. The quantitative estimate of drug-likeness (QED) is 0.213. The highest BCUT2D eigenvalue weighted by molar-refractivity contribution is 7.22. The topological polar surface area (TPSA) is 114 Å². The number of fused-ring (bicyclic) bond motifs is 2.